The zero-order valence-electron chi connectivity index (χ0n) is 20.6. The van der Waals surface area contributed by atoms with Crippen molar-refractivity contribution >= 4 is 29.9 Å². The second kappa shape index (κ2) is 16.5. The average molecular weight is 562 g/mol. The summed E-state index contributed by atoms with van der Waals surface area (Å²) < 4.78 is 11.5. The standard InChI is InChI=1S/C24H43N5O2.HI/c1-6-25-24(26-11-12-29(20(2)3)21(4)5)27-19-22-9-7-8-10-23(22)31-18-15-28-13-16-30-17-14-28;/h7-10,20-21H,6,11-19H2,1-5H3,(H2,25,26,27);1H. The number of nitrogens with zero attached hydrogens (tertiary/aromatic N) is 3. The summed E-state index contributed by atoms with van der Waals surface area (Å²) in [6, 6.07) is 9.26. The van der Waals surface area contributed by atoms with E-state index in [4.69, 9.17) is 14.5 Å². The van der Waals surface area contributed by atoms with Crippen LogP contribution in [0, 0.1) is 0 Å². The molecule has 32 heavy (non-hydrogen) atoms. The summed E-state index contributed by atoms with van der Waals surface area (Å²) in [7, 11) is 0. The summed E-state index contributed by atoms with van der Waals surface area (Å²) in [6.07, 6.45) is 0. The Bertz CT molecular complexity index is 643. The maximum Gasteiger partial charge on any atom is 0.191 e. The molecule has 7 nitrogen and oxygen atoms in total. The van der Waals surface area contributed by atoms with Crippen molar-refractivity contribution in [1.29, 1.82) is 0 Å². The fourth-order valence-corrected chi connectivity index (χ4v) is 3.81. The van der Waals surface area contributed by atoms with Gasteiger partial charge in [-0.1, -0.05) is 18.2 Å². The van der Waals surface area contributed by atoms with Crippen LogP contribution in [0.25, 0.3) is 0 Å². The van der Waals surface area contributed by atoms with Gasteiger partial charge in [-0.15, -0.1) is 24.0 Å². The van der Waals surface area contributed by atoms with Crippen molar-refractivity contribution in [2.75, 3.05) is 59.1 Å². The normalized spacial score (nSPS) is 15.2. The van der Waals surface area contributed by atoms with Crippen molar-refractivity contribution in [3.63, 3.8) is 0 Å². The summed E-state index contributed by atoms with van der Waals surface area (Å²) in [4.78, 5) is 9.66. The minimum Gasteiger partial charge on any atom is -0.492 e. The number of hydrogen-bond donors (Lipinski definition) is 2. The fourth-order valence-electron chi connectivity index (χ4n) is 3.81. The molecule has 0 amide bonds. The van der Waals surface area contributed by atoms with Crippen LogP contribution in [0.5, 0.6) is 5.75 Å². The van der Waals surface area contributed by atoms with E-state index in [9.17, 15) is 0 Å². The number of hydrogen-bond acceptors (Lipinski definition) is 5. The first-order chi connectivity index (χ1) is 15.0. The van der Waals surface area contributed by atoms with Crippen molar-refractivity contribution in [3.05, 3.63) is 29.8 Å². The molecule has 8 heteroatoms. The first-order valence-corrected chi connectivity index (χ1v) is 11.8. The van der Waals surface area contributed by atoms with Crippen molar-refractivity contribution in [3.8, 4) is 5.75 Å². The number of rotatable bonds is 12. The SMILES string of the molecule is CCNC(=NCc1ccccc1OCCN1CCOCC1)NCCN(C(C)C)C(C)C.I. The van der Waals surface area contributed by atoms with Crippen LogP contribution in [0.15, 0.2) is 29.3 Å². The molecule has 2 rings (SSSR count). The zero-order chi connectivity index (χ0) is 22.5. The number of benzene rings is 1. The Morgan fingerprint density at radius 1 is 1.12 bits per heavy atom. The van der Waals surface area contributed by atoms with Gasteiger partial charge in [0.05, 0.1) is 19.8 Å². The third kappa shape index (κ3) is 10.7. The average Bonchev–Trinajstić information content (AvgIpc) is 2.76. The van der Waals surface area contributed by atoms with Gasteiger partial charge in [-0.3, -0.25) is 9.80 Å². The van der Waals surface area contributed by atoms with Crippen LogP contribution in [-0.2, 0) is 11.3 Å². The summed E-state index contributed by atoms with van der Waals surface area (Å²) in [6.45, 7) is 19.5. The summed E-state index contributed by atoms with van der Waals surface area (Å²) in [5.41, 5.74) is 1.10. The second-order valence-corrected chi connectivity index (χ2v) is 8.46. The van der Waals surface area contributed by atoms with Gasteiger partial charge in [0.25, 0.3) is 0 Å². The highest BCUT2D eigenvalue weighted by Crippen LogP contribution is 2.19. The molecular formula is C24H44IN5O2. The monoisotopic (exact) mass is 561 g/mol. The molecule has 1 heterocycles. The molecule has 2 N–H and O–H groups in total. The number of guanidine groups is 1. The van der Waals surface area contributed by atoms with Gasteiger partial charge in [0, 0.05) is 56.9 Å². The molecule has 1 fully saturated rings. The maximum absolute atomic E-state index is 6.10. The maximum atomic E-state index is 6.10. The minimum atomic E-state index is 0. The van der Waals surface area contributed by atoms with E-state index in [1.54, 1.807) is 0 Å². The van der Waals surface area contributed by atoms with Gasteiger partial charge < -0.3 is 20.1 Å². The van der Waals surface area contributed by atoms with Crippen LogP contribution >= 0.6 is 24.0 Å². The molecule has 1 aliphatic rings. The highest BCUT2D eigenvalue weighted by molar-refractivity contribution is 14.0. The molecule has 1 saturated heterocycles. The van der Waals surface area contributed by atoms with Crippen LogP contribution in [0.1, 0.15) is 40.2 Å². The molecule has 1 aromatic rings. The van der Waals surface area contributed by atoms with Gasteiger partial charge in [-0.25, -0.2) is 4.99 Å². The third-order valence-corrected chi connectivity index (χ3v) is 5.48. The zero-order valence-corrected chi connectivity index (χ0v) is 22.9. The molecule has 0 aliphatic carbocycles. The largest absolute Gasteiger partial charge is 0.492 e. The van der Waals surface area contributed by atoms with Crippen molar-refractivity contribution in [2.24, 2.45) is 4.99 Å². The molecule has 0 spiro atoms. The van der Waals surface area contributed by atoms with Crippen molar-refractivity contribution < 1.29 is 9.47 Å². The number of morpholine rings is 1. The number of ether oxygens (including phenoxy) is 2. The highest BCUT2D eigenvalue weighted by Gasteiger charge is 2.13. The Labute approximate surface area is 212 Å². The molecule has 0 bridgehead atoms. The summed E-state index contributed by atoms with van der Waals surface area (Å²) >= 11 is 0. The Balaban J connectivity index is 0.00000512. The van der Waals surface area contributed by atoms with Gasteiger partial charge >= 0.3 is 0 Å². The van der Waals surface area contributed by atoms with Gasteiger partial charge in [0.15, 0.2) is 5.96 Å². The predicted molar refractivity (Wildman–Crippen MR) is 144 cm³/mol. The topological polar surface area (TPSA) is 61.4 Å². The Kier molecular flexibility index (Phi) is 14.9. The Hall–Kier alpha value is -1.10. The van der Waals surface area contributed by atoms with E-state index in [1.807, 2.05) is 18.2 Å². The Morgan fingerprint density at radius 3 is 2.47 bits per heavy atom. The van der Waals surface area contributed by atoms with E-state index in [2.05, 4.69) is 61.1 Å². The van der Waals surface area contributed by atoms with Crippen molar-refractivity contribution in [1.82, 2.24) is 20.4 Å². The molecule has 0 saturated carbocycles. The first-order valence-electron chi connectivity index (χ1n) is 11.8. The first kappa shape index (κ1) is 28.9. The molecule has 0 unspecified atom stereocenters. The molecular weight excluding hydrogens is 517 g/mol. The molecule has 0 atom stereocenters. The van der Waals surface area contributed by atoms with E-state index in [-0.39, 0.29) is 24.0 Å². The molecule has 184 valence electrons. The number of nitrogens with one attached hydrogen (secondary N) is 2. The number of para-hydroxylation sites is 1. The number of aliphatic imine (C=N–C) groups is 1. The van der Waals surface area contributed by atoms with Crippen LogP contribution < -0.4 is 15.4 Å². The van der Waals surface area contributed by atoms with E-state index in [0.717, 1.165) is 69.8 Å². The lowest BCUT2D eigenvalue weighted by molar-refractivity contribution is 0.0322. The lowest BCUT2D eigenvalue weighted by Gasteiger charge is -2.30. The summed E-state index contributed by atoms with van der Waals surface area (Å²) in [5, 5.41) is 6.83. The van der Waals surface area contributed by atoms with E-state index in [1.165, 1.54) is 0 Å². The lowest BCUT2D eigenvalue weighted by Crippen LogP contribution is -2.45. The minimum absolute atomic E-state index is 0. The quantitative estimate of drug-likeness (QED) is 0.232. The summed E-state index contributed by atoms with van der Waals surface area (Å²) in [5.74, 6) is 1.76. The van der Waals surface area contributed by atoms with E-state index >= 15 is 0 Å². The predicted octanol–water partition coefficient (Wildman–Crippen LogP) is 3.19. The van der Waals surface area contributed by atoms with Gasteiger partial charge in [-0.05, 0) is 40.7 Å². The molecule has 1 aliphatic heterocycles. The number of halogens is 1. The third-order valence-electron chi connectivity index (χ3n) is 5.48. The van der Waals surface area contributed by atoms with Crippen LogP contribution in [-0.4, -0.2) is 86.9 Å². The van der Waals surface area contributed by atoms with Crippen LogP contribution in [0.4, 0.5) is 0 Å². The van der Waals surface area contributed by atoms with Crippen LogP contribution in [0.2, 0.25) is 0 Å². The van der Waals surface area contributed by atoms with Crippen molar-refractivity contribution in [2.45, 2.75) is 53.2 Å². The van der Waals surface area contributed by atoms with E-state index < -0.39 is 0 Å². The fraction of sp³-hybridized carbons (Fsp3) is 0.708. The van der Waals surface area contributed by atoms with Gasteiger partial charge in [0.2, 0.25) is 0 Å². The lowest BCUT2D eigenvalue weighted by atomic mass is 10.2. The van der Waals surface area contributed by atoms with Crippen LogP contribution in [0.3, 0.4) is 0 Å². The molecule has 0 aromatic heterocycles. The highest BCUT2D eigenvalue weighted by atomic mass is 127. The van der Waals surface area contributed by atoms with Gasteiger partial charge in [0.1, 0.15) is 12.4 Å². The Morgan fingerprint density at radius 2 is 1.81 bits per heavy atom. The second-order valence-electron chi connectivity index (χ2n) is 8.46. The smallest absolute Gasteiger partial charge is 0.191 e. The molecule has 0 radical (unpaired) electrons. The van der Waals surface area contributed by atoms with E-state index in [0.29, 0.717) is 25.2 Å². The molecule has 1 aromatic carbocycles. The van der Waals surface area contributed by atoms with Gasteiger partial charge in [-0.2, -0.15) is 0 Å².